The normalized spacial score (nSPS) is 24.3. The fraction of sp³-hybridized carbons (Fsp3) is 0.522. The molecule has 0 aliphatic heterocycles. The number of hydrogen-bond acceptors (Lipinski definition) is 3. The van der Waals surface area contributed by atoms with Crippen molar-refractivity contribution >= 4 is 21.2 Å². The topological polar surface area (TPSA) is 51.2 Å². The van der Waals surface area contributed by atoms with Crippen molar-refractivity contribution in [3.63, 3.8) is 0 Å². The van der Waals surface area contributed by atoms with Gasteiger partial charge in [0.15, 0.2) is 15.6 Å². The van der Waals surface area contributed by atoms with Gasteiger partial charge in [-0.3, -0.25) is 4.79 Å². The average Bonchev–Trinajstić information content (AvgIpc) is 2.61. The SMILES string of the molecule is CC(C)(C)S(=O)(=O)CC1CCC(C2=CC(c3ccccc3)=CC(=O)C2)CC1. The molecule has 2 aliphatic carbocycles. The Labute approximate surface area is 163 Å². The van der Waals surface area contributed by atoms with Crippen LogP contribution in [0.2, 0.25) is 0 Å². The van der Waals surface area contributed by atoms with Gasteiger partial charge in [-0.25, -0.2) is 8.42 Å². The molecule has 0 amide bonds. The van der Waals surface area contributed by atoms with E-state index in [-0.39, 0.29) is 17.5 Å². The van der Waals surface area contributed by atoms with E-state index in [0.717, 1.165) is 36.8 Å². The van der Waals surface area contributed by atoms with Gasteiger partial charge in [-0.15, -0.1) is 0 Å². The van der Waals surface area contributed by atoms with Crippen molar-refractivity contribution in [1.29, 1.82) is 0 Å². The summed E-state index contributed by atoms with van der Waals surface area (Å²) in [4.78, 5) is 12.3. The summed E-state index contributed by atoms with van der Waals surface area (Å²) >= 11 is 0. The summed E-state index contributed by atoms with van der Waals surface area (Å²) in [7, 11) is -3.07. The smallest absolute Gasteiger partial charge is 0.160 e. The molecule has 1 aromatic carbocycles. The minimum absolute atomic E-state index is 0.170. The van der Waals surface area contributed by atoms with Crippen molar-refractivity contribution in [3.05, 3.63) is 53.6 Å². The second-order valence-corrected chi connectivity index (χ2v) is 11.7. The first kappa shape index (κ1) is 20.1. The third-order valence-corrected chi connectivity index (χ3v) is 8.68. The molecule has 0 N–H and O–H groups in total. The van der Waals surface area contributed by atoms with Gasteiger partial charge in [0.05, 0.1) is 10.5 Å². The summed E-state index contributed by atoms with van der Waals surface area (Å²) < 4.78 is 24.3. The van der Waals surface area contributed by atoms with E-state index in [9.17, 15) is 13.2 Å². The molecule has 0 atom stereocenters. The third kappa shape index (κ3) is 4.78. The maximum absolute atomic E-state index is 12.5. The second kappa shape index (κ2) is 7.75. The lowest BCUT2D eigenvalue weighted by Crippen LogP contribution is -2.34. The van der Waals surface area contributed by atoms with Gasteiger partial charge in [-0.1, -0.05) is 42.0 Å². The first-order valence-electron chi connectivity index (χ1n) is 9.88. The Morgan fingerprint density at radius 2 is 1.59 bits per heavy atom. The molecule has 2 aliphatic rings. The Morgan fingerprint density at radius 1 is 0.963 bits per heavy atom. The van der Waals surface area contributed by atoms with Crippen molar-refractivity contribution in [3.8, 4) is 0 Å². The van der Waals surface area contributed by atoms with E-state index in [0.29, 0.717) is 12.3 Å². The lowest BCUT2D eigenvalue weighted by Gasteiger charge is -2.32. The lowest BCUT2D eigenvalue weighted by molar-refractivity contribution is -0.114. The quantitative estimate of drug-likeness (QED) is 0.732. The molecular weight excluding hydrogens is 356 g/mol. The molecule has 4 heteroatoms. The highest BCUT2D eigenvalue weighted by Crippen LogP contribution is 2.38. The van der Waals surface area contributed by atoms with Crippen LogP contribution in [0.4, 0.5) is 0 Å². The van der Waals surface area contributed by atoms with Crippen LogP contribution in [-0.4, -0.2) is 24.7 Å². The molecular formula is C23H30O3S. The van der Waals surface area contributed by atoms with Crippen molar-refractivity contribution in [2.24, 2.45) is 11.8 Å². The number of benzene rings is 1. The lowest BCUT2D eigenvalue weighted by atomic mass is 9.76. The minimum Gasteiger partial charge on any atom is -0.294 e. The summed E-state index contributed by atoms with van der Waals surface area (Å²) in [6.45, 7) is 5.34. The largest absolute Gasteiger partial charge is 0.294 e. The molecule has 1 fully saturated rings. The average molecular weight is 387 g/mol. The summed E-state index contributed by atoms with van der Waals surface area (Å²) in [6, 6.07) is 10.0. The highest BCUT2D eigenvalue weighted by molar-refractivity contribution is 7.92. The number of hydrogen-bond donors (Lipinski definition) is 0. The maximum Gasteiger partial charge on any atom is 0.160 e. The molecule has 0 unspecified atom stereocenters. The van der Waals surface area contributed by atoms with E-state index in [1.54, 1.807) is 26.8 Å². The van der Waals surface area contributed by atoms with Gasteiger partial charge in [0.1, 0.15) is 0 Å². The molecule has 0 spiro atoms. The number of carbonyl (C=O) groups excluding carboxylic acids is 1. The molecule has 3 rings (SSSR count). The molecule has 3 nitrogen and oxygen atoms in total. The van der Waals surface area contributed by atoms with Crippen LogP contribution < -0.4 is 0 Å². The highest BCUT2D eigenvalue weighted by Gasteiger charge is 2.34. The number of ketones is 1. The molecule has 1 saturated carbocycles. The Hall–Kier alpha value is -1.68. The van der Waals surface area contributed by atoms with Crippen LogP contribution in [-0.2, 0) is 14.6 Å². The monoisotopic (exact) mass is 386 g/mol. The summed E-state index contributed by atoms with van der Waals surface area (Å²) in [5, 5.41) is 0. The van der Waals surface area contributed by atoms with Gasteiger partial charge in [0.25, 0.3) is 0 Å². The van der Waals surface area contributed by atoms with Crippen molar-refractivity contribution in [2.45, 2.75) is 57.6 Å². The van der Waals surface area contributed by atoms with Crippen LogP contribution in [0.15, 0.2) is 48.1 Å². The Bertz CT molecular complexity index is 847. The van der Waals surface area contributed by atoms with Crippen LogP contribution in [0, 0.1) is 11.8 Å². The van der Waals surface area contributed by atoms with Crippen LogP contribution in [0.3, 0.4) is 0 Å². The predicted molar refractivity (Wildman–Crippen MR) is 111 cm³/mol. The molecule has 1 aromatic rings. The number of sulfone groups is 1. The van der Waals surface area contributed by atoms with E-state index < -0.39 is 14.6 Å². The van der Waals surface area contributed by atoms with Gasteiger partial charge in [0, 0.05) is 6.42 Å². The van der Waals surface area contributed by atoms with Crippen molar-refractivity contribution < 1.29 is 13.2 Å². The predicted octanol–water partition coefficient (Wildman–Crippen LogP) is 4.99. The molecule has 0 aromatic heterocycles. The first-order valence-corrected chi connectivity index (χ1v) is 11.5. The molecule has 0 heterocycles. The van der Waals surface area contributed by atoms with E-state index >= 15 is 0 Å². The van der Waals surface area contributed by atoms with Gasteiger partial charge in [0.2, 0.25) is 0 Å². The zero-order chi connectivity index (χ0) is 19.7. The molecule has 0 saturated heterocycles. The molecule has 27 heavy (non-hydrogen) atoms. The van der Waals surface area contributed by atoms with Gasteiger partial charge >= 0.3 is 0 Å². The number of allylic oxidation sites excluding steroid dienone is 4. The maximum atomic E-state index is 12.5. The molecule has 0 bridgehead atoms. The van der Waals surface area contributed by atoms with Crippen molar-refractivity contribution in [2.75, 3.05) is 5.75 Å². The third-order valence-electron chi connectivity index (χ3n) is 5.90. The van der Waals surface area contributed by atoms with Gasteiger partial charge < -0.3 is 0 Å². The van der Waals surface area contributed by atoms with E-state index in [1.807, 2.05) is 30.3 Å². The van der Waals surface area contributed by atoms with Crippen LogP contribution in [0.1, 0.15) is 58.4 Å². The Morgan fingerprint density at radius 3 is 2.19 bits per heavy atom. The zero-order valence-corrected chi connectivity index (χ0v) is 17.4. The Balaban J connectivity index is 1.67. The van der Waals surface area contributed by atoms with Crippen LogP contribution >= 0.6 is 0 Å². The molecule has 0 radical (unpaired) electrons. The van der Waals surface area contributed by atoms with Crippen molar-refractivity contribution in [1.82, 2.24) is 0 Å². The standard InChI is InChI=1S/C23H30O3S/c1-23(2,3)27(25,26)16-17-9-11-19(12-10-17)21-13-20(14-22(24)15-21)18-7-5-4-6-8-18/h4-8,13-14,17,19H,9-12,15-16H2,1-3H3. The van der Waals surface area contributed by atoms with Gasteiger partial charge in [-0.2, -0.15) is 0 Å². The summed E-state index contributed by atoms with van der Waals surface area (Å²) in [6.07, 6.45) is 8.25. The van der Waals surface area contributed by atoms with E-state index in [1.165, 1.54) is 5.57 Å². The minimum atomic E-state index is -3.07. The first-order chi connectivity index (χ1) is 12.7. The highest BCUT2D eigenvalue weighted by atomic mass is 32.2. The van der Waals surface area contributed by atoms with Gasteiger partial charge in [-0.05, 0) is 75.5 Å². The summed E-state index contributed by atoms with van der Waals surface area (Å²) in [5.74, 6) is 1.10. The van der Waals surface area contributed by atoms with Crippen LogP contribution in [0.25, 0.3) is 5.57 Å². The van der Waals surface area contributed by atoms with Crippen LogP contribution in [0.5, 0.6) is 0 Å². The fourth-order valence-electron chi connectivity index (χ4n) is 4.04. The zero-order valence-electron chi connectivity index (χ0n) is 16.6. The number of carbonyl (C=O) groups is 1. The van der Waals surface area contributed by atoms with E-state index in [2.05, 4.69) is 6.08 Å². The second-order valence-electron chi connectivity index (χ2n) is 8.94. The number of rotatable bonds is 4. The Kier molecular flexibility index (Phi) is 5.76. The fourth-order valence-corrected chi connectivity index (χ4v) is 5.49. The summed E-state index contributed by atoms with van der Waals surface area (Å²) in [5.41, 5.74) is 3.30. The molecule has 146 valence electrons. The van der Waals surface area contributed by atoms with E-state index in [4.69, 9.17) is 0 Å².